The summed E-state index contributed by atoms with van der Waals surface area (Å²) < 4.78 is 43.7. The number of aromatic nitrogens is 1. The van der Waals surface area contributed by atoms with Crippen LogP contribution in [-0.4, -0.2) is 36.1 Å². The monoisotopic (exact) mass is 383 g/mol. The van der Waals surface area contributed by atoms with Crippen molar-refractivity contribution in [2.24, 2.45) is 5.92 Å². The van der Waals surface area contributed by atoms with E-state index in [1.165, 1.54) is 12.1 Å². The zero-order chi connectivity index (χ0) is 20.4. The quantitative estimate of drug-likeness (QED) is 0.812. The summed E-state index contributed by atoms with van der Waals surface area (Å²) in [4.78, 5) is 14.4. The van der Waals surface area contributed by atoms with Crippen molar-refractivity contribution in [3.8, 4) is 11.3 Å². The number of alkyl halides is 3. The molecule has 0 aliphatic rings. The van der Waals surface area contributed by atoms with Crippen LogP contribution in [0.4, 0.5) is 13.2 Å². The van der Waals surface area contributed by atoms with E-state index in [4.69, 9.17) is 4.52 Å². The Morgan fingerprint density at radius 1 is 1.19 bits per heavy atom. The van der Waals surface area contributed by atoms with E-state index in [0.717, 1.165) is 12.1 Å². The molecule has 27 heavy (non-hydrogen) atoms. The van der Waals surface area contributed by atoms with Gasteiger partial charge in [-0.1, -0.05) is 31.1 Å². The van der Waals surface area contributed by atoms with Gasteiger partial charge in [-0.25, -0.2) is 0 Å². The molecule has 1 atom stereocenters. The van der Waals surface area contributed by atoms with Crippen LogP contribution in [0, 0.1) is 5.92 Å². The highest BCUT2D eigenvalue weighted by atomic mass is 19.4. The molecule has 0 aliphatic heterocycles. The number of carbonyl (C=O) groups is 1. The van der Waals surface area contributed by atoms with E-state index in [0.29, 0.717) is 23.4 Å². The summed E-state index contributed by atoms with van der Waals surface area (Å²) in [7, 11) is 3.64. The Morgan fingerprint density at radius 2 is 1.78 bits per heavy atom. The highest BCUT2D eigenvalue weighted by Crippen LogP contribution is 2.33. The van der Waals surface area contributed by atoms with Gasteiger partial charge < -0.3 is 14.7 Å². The summed E-state index contributed by atoms with van der Waals surface area (Å²) in [6, 6.07) is 4.55. The molecule has 1 amide bonds. The lowest BCUT2D eigenvalue weighted by Crippen LogP contribution is -2.36. The van der Waals surface area contributed by atoms with Gasteiger partial charge in [0.25, 0.3) is 5.91 Å². The molecule has 1 aromatic heterocycles. The number of hydrogen-bond acceptors (Lipinski definition) is 4. The van der Waals surface area contributed by atoms with Crippen molar-refractivity contribution in [2.75, 3.05) is 14.1 Å². The average molecular weight is 383 g/mol. The lowest BCUT2D eigenvalue weighted by Gasteiger charge is -2.17. The van der Waals surface area contributed by atoms with Gasteiger partial charge in [0, 0.05) is 23.7 Å². The van der Waals surface area contributed by atoms with Crippen molar-refractivity contribution >= 4 is 5.91 Å². The van der Waals surface area contributed by atoms with Gasteiger partial charge in [0.1, 0.15) is 0 Å². The van der Waals surface area contributed by atoms with Gasteiger partial charge in [-0.15, -0.1) is 0 Å². The number of hydrogen-bond donors (Lipinski definition) is 1. The molecule has 1 heterocycles. The van der Waals surface area contributed by atoms with Crippen molar-refractivity contribution in [3.63, 3.8) is 0 Å². The number of benzene rings is 1. The Morgan fingerprint density at radius 3 is 2.26 bits per heavy atom. The molecule has 2 aromatic rings. The fraction of sp³-hybridized carbons (Fsp3) is 0.474. The number of nitrogens with one attached hydrogen (secondary N) is 1. The number of rotatable bonds is 6. The van der Waals surface area contributed by atoms with E-state index in [-0.39, 0.29) is 23.6 Å². The molecule has 2 rings (SSSR count). The van der Waals surface area contributed by atoms with E-state index in [2.05, 4.69) is 10.5 Å². The summed E-state index contributed by atoms with van der Waals surface area (Å²) >= 11 is 0. The van der Waals surface area contributed by atoms with Crippen molar-refractivity contribution in [3.05, 3.63) is 41.1 Å². The summed E-state index contributed by atoms with van der Waals surface area (Å²) in [6.07, 6.45) is -4.41. The first-order valence-electron chi connectivity index (χ1n) is 8.62. The van der Waals surface area contributed by atoms with Gasteiger partial charge in [0.2, 0.25) is 0 Å². The van der Waals surface area contributed by atoms with Crippen LogP contribution in [0.5, 0.6) is 0 Å². The Hall–Kier alpha value is -2.35. The Balaban J connectivity index is 2.40. The first-order valence-corrected chi connectivity index (χ1v) is 8.62. The van der Waals surface area contributed by atoms with Gasteiger partial charge in [-0.05, 0) is 39.1 Å². The van der Waals surface area contributed by atoms with Crippen molar-refractivity contribution in [1.82, 2.24) is 15.4 Å². The molecule has 0 fully saturated rings. The highest BCUT2D eigenvalue weighted by Gasteiger charge is 2.31. The maximum Gasteiger partial charge on any atom is 0.416 e. The molecule has 8 heteroatoms. The first-order chi connectivity index (χ1) is 12.5. The fourth-order valence-electron chi connectivity index (χ4n) is 2.43. The van der Waals surface area contributed by atoms with Crippen LogP contribution in [0.1, 0.15) is 42.4 Å². The number of nitrogens with zero attached hydrogens (tertiary/aromatic N) is 2. The fourth-order valence-corrected chi connectivity index (χ4v) is 2.43. The van der Waals surface area contributed by atoms with Crippen LogP contribution >= 0.6 is 0 Å². The van der Waals surface area contributed by atoms with E-state index in [1.807, 2.05) is 39.8 Å². The standard InChI is InChI=1S/C19H24F3N3O2/c1-11(2)12(3)23-18(26)16-15(10-25(4)5)17(27-24-16)13-6-8-14(9-7-13)19(20,21)22/h6-9,11-12H,10H2,1-5H3,(H,23,26). The lowest BCUT2D eigenvalue weighted by atomic mass is 10.0. The zero-order valence-corrected chi connectivity index (χ0v) is 16.0. The Labute approximate surface area is 156 Å². The molecule has 1 unspecified atom stereocenters. The molecule has 0 radical (unpaired) electrons. The molecule has 5 nitrogen and oxygen atoms in total. The average Bonchev–Trinajstić information content (AvgIpc) is 2.96. The third-order valence-corrected chi connectivity index (χ3v) is 4.31. The maximum absolute atomic E-state index is 12.8. The van der Waals surface area contributed by atoms with E-state index < -0.39 is 11.7 Å². The van der Waals surface area contributed by atoms with Gasteiger partial charge >= 0.3 is 6.18 Å². The van der Waals surface area contributed by atoms with E-state index in [9.17, 15) is 18.0 Å². The molecule has 1 aromatic carbocycles. The van der Waals surface area contributed by atoms with Gasteiger partial charge in [-0.2, -0.15) is 13.2 Å². The predicted molar refractivity (Wildman–Crippen MR) is 96.1 cm³/mol. The maximum atomic E-state index is 12.8. The van der Waals surface area contributed by atoms with E-state index >= 15 is 0 Å². The van der Waals surface area contributed by atoms with Crippen LogP contribution in [0.2, 0.25) is 0 Å². The van der Waals surface area contributed by atoms with Crippen LogP contribution in [0.15, 0.2) is 28.8 Å². The molecule has 0 saturated carbocycles. The third-order valence-electron chi connectivity index (χ3n) is 4.31. The molecule has 0 saturated heterocycles. The second kappa shape index (κ2) is 8.12. The number of carbonyl (C=O) groups excluding carboxylic acids is 1. The Bertz CT molecular complexity index is 780. The zero-order valence-electron chi connectivity index (χ0n) is 16.0. The summed E-state index contributed by atoms with van der Waals surface area (Å²) in [5, 5.41) is 6.77. The second-order valence-corrected chi connectivity index (χ2v) is 7.16. The van der Waals surface area contributed by atoms with Crippen molar-refractivity contribution < 1.29 is 22.5 Å². The summed E-state index contributed by atoms with van der Waals surface area (Å²) in [6.45, 7) is 6.23. The first kappa shape index (κ1) is 21.0. The smallest absolute Gasteiger partial charge is 0.355 e. The minimum absolute atomic E-state index is 0.0593. The van der Waals surface area contributed by atoms with E-state index in [1.54, 1.807) is 0 Å². The molecule has 1 N–H and O–H groups in total. The molecular weight excluding hydrogens is 359 g/mol. The predicted octanol–water partition coefficient (Wildman–Crippen LogP) is 4.20. The van der Waals surface area contributed by atoms with Crippen molar-refractivity contribution in [1.29, 1.82) is 0 Å². The normalized spacial score (nSPS) is 13.3. The van der Waals surface area contributed by atoms with Crippen LogP contribution < -0.4 is 5.32 Å². The minimum Gasteiger partial charge on any atom is -0.355 e. The molecule has 0 aliphatic carbocycles. The second-order valence-electron chi connectivity index (χ2n) is 7.16. The topological polar surface area (TPSA) is 58.4 Å². The number of halogens is 3. The largest absolute Gasteiger partial charge is 0.416 e. The van der Waals surface area contributed by atoms with Crippen LogP contribution in [0.25, 0.3) is 11.3 Å². The lowest BCUT2D eigenvalue weighted by molar-refractivity contribution is -0.137. The summed E-state index contributed by atoms with van der Waals surface area (Å²) in [5.74, 6) is 0.169. The minimum atomic E-state index is -4.41. The Kier molecular flexibility index (Phi) is 6.30. The van der Waals surface area contributed by atoms with Gasteiger partial charge in [0.05, 0.1) is 5.56 Å². The third kappa shape index (κ3) is 5.09. The molecular formula is C19H24F3N3O2. The molecule has 0 spiro atoms. The van der Waals surface area contributed by atoms with Gasteiger partial charge in [-0.3, -0.25) is 4.79 Å². The highest BCUT2D eigenvalue weighted by molar-refractivity contribution is 5.95. The van der Waals surface area contributed by atoms with Crippen LogP contribution in [0.3, 0.4) is 0 Å². The van der Waals surface area contributed by atoms with Crippen LogP contribution in [-0.2, 0) is 12.7 Å². The summed E-state index contributed by atoms with van der Waals surface area (Å²) in [5.41, 5.74) is 0.367. The molecule has 148 valence electrons. The SMILES string of the molecule is CC(C)C(C)NC(=O)c1noc(-c2ccc(C(F)(F)F)cc2)c1CN(C)C. The number of amides is 1. The van der Waals surface area contributed by atoms with Crippen molar-refractivity contribution in [2.45, 2.75) is 39.5 Å². The van der Waals surface area contributed by atoms with Gasteiger partial charge in [0.15, 0.2) is 11.5 Å². The molecule has 0 bridgehead atoms.